The van der Waals surface area contributed by atoms with Crippen molar-refractivity contribution in [3.8, 4) is 0 Å². The molecule has 0 bridgehead atoms. The van der Waals surface area contributed by atoms with E-state index in [1.54, 1.807) is 0 Å². The molecule has 4 heteroatoms. The van der Waals surface area contributed by atoms with Gasteiger partial charge in [0.1, 0.15) is 0 Å². The van der Waals surface area contributed by atoms with Crippen LogP contribution in [0.2, 0.25) is 10.0 Å². The molecule has 2 nitrogen and oxygen atoms in total. The summed E-state index contributed by atoms with van der Waals surface area (Å²) in [6, 6.07) is 16.6. The largest absolute Gasteiger partial charge is 0.326 e. The van der Waals surface area contributed by atoms with Gasteiger partial charge in [0, 0.05) is 29.2 Å². The van der Waals surface area contributed by atoms with E-state index in [0.717, 1.165) is 29.6 Å². The topological polar surface area (TPSA) is 29.3 Å². The molecule has 1 unspecified atom stereocenters. The number of nitrogens with zero attached hydrogens (tertiary/aromatic N) is 1. The van der Waals surface area contributed by atoms with Crippen LogP contribution in [0.1, 0.15) is 23.6 Å². The van der Waals surface area contributed by atoms with Crippen LogP contribution < -0.4 is 5.73 Å². The molecule has 0 saturated carbocycles. The van der Waals surface area contributed by atoms with Crippen molar-refractivity contribution in [1.82, 2.24) is 4.90 Å². The Morgan fingerprint density at radius 3 is 1.76 bits per heavy atom. The van der Waals surface area contributed by atoms with Gasteiger partial charge in [-0.05, 0) is 41.8 Å². The van der Waals surface area contributed by atoms with Crippen LogP contribution >= 0.6 is 23.2 Å². The zero-order chi connectivity index (χ0) is 14.8. The molecule has 0 spiro atoms. The van der Waals surface area contributed by atoms with E-state index in [4.69, 9.17) is 28.9 Å². The van der Waals surface area contributed by atoms with Gasteiger partial charge in [0.2, 0.25) is 0 Å². The summed E-state index contributed by atoms with van der Waals surface area (Å²) in [6.45, 7) is 1.92. The van der Waals surface area contributed by atoms with Crippen LogP contribution in [-0.4, -0.2) is 24.0 Å². The molecule has 1 heterocycles. The minimum Gasteiger partial charge on any atom is -0.326 e. The van der Waals surface area contributed by atoms with Gasteiger partial charge in [0.15, 0.2) is 0 Å². The fourth-order valence-electron chi connectivity index (χ4n) is 2.95. The normalized spacial score (nSPS) is 19.3. The Balaban J connectivity index is 1.98. The summed E-state index contributed by atoms with van der Waals surface area (Å²) in [5, 5.41) is 1.51. The van der Waals surface area contributed by atoms with Gasteiger partial charge >= 0.3 is 0 Å². The molecular weight excluding hydrogens is 303 g/mol. The molecule has 1 aliphatic rings. The van der Waals surface area contributed by atoms with Crippen LogP contribution in [0.4, 0.5) is 0 Å². The standard InChI is InChI=1S/C17H18Cl2N2/c18-14-5-1-12(2-6-14)17(21-10-9-16(20)11-21)13-3-7-15(19)8-4-13/h1-8,16-17H,9-11,20H2. The Labute approximate surface area is 135 Å². The first-order chi connectivity index (χ1) is 10.1. The summed E-state index contributed by atoms with van der Waals surface area (Å²) in [5.74, 6) is 0. The lowest BCUT2D eigenvalue weighted by atomic mass is 9.97. The van der Waals surface area contributed by atoms with Gasteiger partial charge in [-0.15, -0.1) is 0 Å². The first kappa shape index (κ1) is 14.9. The SMILES string of the molecule is NC1CCN(C(c2ccc(Cl)cc2)c2ccc(Cl)cc2)C1. The van der Waals surface area contributed by atoms with E-state index in [1.165, 1.54) is 11.1 Å². The van der Waals surface area contributed by atoms with Crippen LogP contribution in [0, 0.1) is 0 Å². The molecule has 3 rings (SSSR count). The number of nitrogens with two attached hydrogens (primary N) is 1. The predicted molar refractivity (Wildman–Crippen MR) is 88.9 cm³/mol. The molecule has 110 valence electrons. The van der Waals surface area contributed by atoms with Crippen molar-refractivity contribution in [3.05, 3.63) is 69.7 Å². The highest BCUT2D eigenvalue weighted by Crippen LogP contribution is 2.32. The second-order valence-electron chi connectivity index (χ2n) is 5.55. The van der Waals surface area contributed by atoms with Crippen molar-refractivity contribution in [2.75, 3.05) is 13.1 Å². The van der Waals surface area contributed by atoms with Gasteiger partial charge in [-0.2, -0.15) is 0 Å². The maximum Gasteiger partial charge on any atom is 0.0602 e. The zero-order valence-electron chi connectivity index (χ0n) is 11.7. The van der Waals surface area contributed by atoms with E-state index in [1.807, 2.05) is 24.3 Å². The molecule has 1 saturated heterocycles. The average molecular weight is 321 g/mol. The summed E-state index contributed by atoms with van der Waals surface area (Å²) in [7, 11) is 0. The molecular formula is C17H18Cl2N2. The Morgan fingerprint density at radius 2 is 1.38 bits per heavy atom. The molecule has 0 aromatic heterocycles. The number of likely N-dealkylation sites (tertiary alicyclic amines) is 1. The quantitative estimate of drug-likeness (QED) is 0.921. The molecule has 2 aromatic rings. The van der Waals surface area contributed by atoms with Gasteiger partial charge in [-0.3, -0.25) is 4.90 Å². The van der Waals surface area contributed by atoms with Crippen molar-refractivity contribution in [3.63, 3.8) is 0 Å². The first-order valence-corrected chi connectivity index (χ1v) is 7.89. The number of hydrogen-bond donors (Lipinski definition) is 1. The summed E-state index contributed by atoms with van der Waals surface area (Å²) in [6.07, 6.45) is 1.04. The zero-order valence-corrected chi connectivity index (χ0v) is 13.2. The van der Waals surface area contributed by atoms with Crippen molar-refractivity contribution in [2.24, 2.45) is 5.73 Å². The Morgan fingerprint density at radius 1 is 0.905 bits per heavy atom. The molecule has 1 fully saturated rings. The van der Waals surface area contributed by atoms with Crippen molar-refractivity contribution >= 4 is 23.2 Å². The lowest BCUT2D eigenvalue weighted by Gasteiger charge is -2.29. The monoisotopic (exact) mass is 320 g/mol. The van der Waals surface area contributed by atoms with E-state index >= 15 is 0 Å². The highest BCUT2D eigenvalue weighted by molar-refractivity contribution is 6.30. The summed E-state index contributed by atoms with van der Waals surface area (Å²) in [4.78, 5) is 2.43. The predicted octanol–water partition coefficient (Wildman–Crippen LogP) is 4.12. The maximum absolute atomic E-state index is 6.08. The minimum absolute atomic E-state index is 0.202. The van der Waals surface area contributed by atoms with E-state index in [-0.39, 0.29) is 12.1 Å². The summed E-state index contributed by atoms with van der Waals surface area (Å²) >= 11 is 12.0. The minimum atomic E-state index is 0.202. The molecule has 0 radical (unpaired) electrons. The third-order valence-corrected chi connectivity index (χ3v) is 4.50. The van der Waals surface area contributed by atoms with E-state index in [2.05, 4.69) is 29.2 Å². The van der Waals surface area contributed by atoms with Crippen LogP contribution in [0.3, 0.4) is 0 Å². The highest BCUT2D eigenvalue weighted by atomic mass is 35.5. The smallest absolute Gasteiger partial charge is 0.0602 e. The number of benzene rings is 2. The van der Waals surface area contributed by atoms with E-state index in [0.29, 0.717) is 0 Å². The third-order valence-electron chi connectivity index (χ3n) is 3.99. The molecule has 0 amide bonds. The lowest BCUT2D eigenvalue weighted by molar-refractivity contribution is 0.277. The number of rotatable bonds is 3. The Bertz CT molecular complexity index is 550. The second kappa shape index (κ2) is 6.37. The van der Waals surface area contributed by atoms with Gasteiger partial charge in [-0.1, -0.05) is 47.5 Å². The fourth-order valence-corrected chi connectivity index (χ4v) is 3.21. The van der Waals surface area contributed by atoms with Gasteiger partial charge in [0.25, 0.3) is 0 Å². The third kappa shape index (κ3) is 3.41. The van der Waals surface area contributed by atoms with Gasteiger partial charge in [-0.25, -0.2) is 0 Å². The summed E-state index contributed by atoms with van der Waals surface area (Å²) in [5.41, 5.74) is 8.55. The van der Waals surface area contributed by atoms with E-state index < -0.39 is 0 Å². The molecule has 21 heavy (non-hydrogen) atoms. The number of halogens is 2. The molecule has 1 aliphatic heterocycles. The average Bonchev–Trinajstić information content (AvgIpc) is 2.90. The molecule has 0 aliphatic carbocycles. The second-order valence-corrected chi connectivity index (χ2v) is 6.42. The summed E-state index contributed by atoms with van der Waals surface area (Å²) < 4.78 is 0. The first-order valence-electron chi connectivity index (χ1n) is 7.14. The lowest BCUT2D eigenvalue weighted by Crippen LogP contribution is -2.30. The van der Waals surface area contributed by atoms with Crippen LogP contribution in [0.25, 0.3) is 0 Å². The molecule has 2 aromatic carbocycles. The molecule has 1 atom stereocenters. The maximum atomic E-state index is 6.08. The van der Waals surface area contributed by atoms with Gasteiger partial charge < -0.3 is 5.73 Å². The van der Waals surface area contributed by atoms with Crippen molar-refractivity contribution in [2.45, 2.75) is 18.5 Å². The Kier molecular flexibility index (Phi) is 4.51. The molecule has 2 N–H and O–H groups in total. The van der Waals surface area contributed by atoms with Crippen LogP contribution in [0.15, 0.2) is 48.5 Å². The van der Waals surface area contributed by atoms with Crippen LogP contribution in [0.5, 0.6) is 0 Å². The fraction of sp³-hybridized carbons (Fsp3) is 0.294. The highest BCUT2D eigenvalue weighted by Gasteiger charge is 2.28. The Hall–Kier alpha value is -1.06. The van der Waals surface area contributed by atoms with Crippen molar-refractivity contribution in [1.29, 1.82) is 0 Å². The van der Waals surface area contributed by atoms with Crippen LogP contribution in [-0.2, 0) is 0 Å². The van der Waals surface area contributed by atoms with E-state index in [9.17, 15) is 0 Å². The van der Waals surface area contributed by atoms with Gasteiger partial charge in [0.05, 0.1) is 6.04 Å². The number of hydrogen-bond acceptors (Lipinski definition) is 2. The van der Waals surface area contributed by atoms with Crippen molar-refractivity contribution < 1.29 is 0 Å².